The van der Waals surface area contributed by atoms with Crippen LogP contribution in [0.5, 0.6) is 0 Å². The van der Waals surface area contributed by atoms with Crippen LogP contribution in [0, 0.1) is 0 Å². The number of anilines is 1. The van der Waals surface area contributed by atoms with Crippen LogP contribution >= 0.6 is 0 Å². The zero-order valence-electron chi connectivity index (χ0n) is 19.2. The fraction of sp³-hybridized carbons (Fsp3) is 0.0741. The summed E-state index contributed by atoms with van der Waals surface area (Å²) in [5.41, 5.74) is 2.70. The van der Waals surface area contributed by atoms with E-state index in [4.69, 9.17) is 4.74 Å². The van der Waals surface area contributed by atoms with Gasteiger partial charge in [0.2, 0.25) is 0 Å². The second-order valence-corrected chi connectivity index (χ2v) is 8.08. The van der Waals surface area contributed by atoms with Crippen LogP contribution in [0.15, 0.2) is 84.9 Å². The van der Waals surface area contributed by atoms with E-state index in [0.29, 0.717) is 11.5 Å². The SMILES string of the molecule is CN1C(=O)c2ccc(C(=O)OCC(=O)Nc3cc(-c4ccccc4)nn3-c3ccccc3)cc2C1=O. The number of amides is 3. The summed E-state index contributed by atoms with van der Waals surface area (Å²) in [6, 6.07) is 24.7. The van der Waals surface area contributed by atoms with Crippen LogP contribution in [-0.2, 0) is 9.53 Å². The Labute approximate surface area is 205 Å². The number of nitrogens with zero attached hydrogens (tertiary/aromatic N) is 3. The van der Waals surface area contributed by atoms with Crippen LogP contribution in [0.1, 0.15) is 31.1 Å². The smallest absolute Gasteiger partial charge is 0.338 e. The maximum Gasteiger partial charge on any atom is 0.338 e. The summed E-state index contributed by atoms with van der Waals surface area (Å²) in [4.78, 5) is 50.4. The molecule has 0 aliphatic carbocycles. The van der Waals surface area contributed by atoms with Crippen molar-refractivity contribution in [2.75, 3.05) is 19.0 Å². The zero-order chi connectivity index (χ0) is 25.2. The number of fused-ring (bicyclic) bond motifs is 1. The van der Waals surface area contributed by atoms with Gasteiger partial charge >= 0.3 is 5.97 Å². The lowest BCUT2D eigenvalue weighted by atomic mass is 10.1. The van der Waals surface area contributed by atoms with E-state index >= 15 is 0 Å². The number of carbonyl (C=O) groups is 4. The van der Waals surface area contributed by atoms with E-state index in [1.54, 1.807) is 10.7 Å². The lowest BCUT2D eigenvalue weighted by molar-refractivity contribution is -0.119. The number of nitrogens with one attached hydrogen (secondary N) is 1. The molecule has 1 aromatic heterocycles. The van der Waals surface area contributed by atoms with E-state index in [-0.39, 0.29) is 16.7 Å². The largest absolute Gasteiger partial charge is 0.452 e. The maximum absolute atomic E-state index is 12.7. The number of ether oxygens (including phenoxy) is 1. The Morgan fingerprint density at radius 2 is 1.53 bits per heavy atom. The molecular weight excluding hydrogens is 460 g/mol. The van der Waals surface area contributed by atoms with Crippen LogP contribution in [0.3, 0.4) is 0 Å². The van der Waals surface area contributed by atoms with E-state index in [2.05, 4.69) is 10.4 Å². The topological polar surface area (TPSA) is 111 Å². The predicted octanol–water partition coefficient (Wildman–Crippen LogP) is 3.56. The highest BCUT2D eigenvalue weighted by Crippen LogP contribution is 2.25. The monoisotopic (exact) mass is 480 g/mol. The lowest BCUT2D eigenvalue weighted by Gasteiger charge is -2.09. The predicted molar refractivity (Wildman–Crippen MR) is 131 cm³/mol. The van der Waals surface area contributed by atoms with E-state index in [0.717, 1.165) is 16.2 Å². The Hall–Kier alpha value is -5.05. The van der Waals surface area contributed by atoms with Crippen LogP contribution in [-0.4, -0.2) is 52.0 Å². The summed E-state index contributed by atoms with van der Waals surface area (Å²) < 4.78 is 6.76. The number of esters is 1. The highest BCUT2D eigenvalue weighted by atomic mass is 16.5. The van der Waals surface area contributed by atoms with Crippen molar-refractivity contribution in [3.05, 3.63) is 102 Å². The van der Waals surface area contributed by atoms with Crippen molar-refractivity contribution < 1.29 is 23.9 Å². The normalized spacial score (nSPS) is 12.4. The second kappa shape index (κ2) is 9.30. The Balaban J connectivity index is 1.31. The molecule has 4 aromatic rings. The molecule has 0 saturated carbocycles. The first-order valence-electron chi connectivity index (χ1n) is 11.1. The van der Waals surface area contributed by atoms with E-state index < -0.39 is 30.3 Å². The minimum absolute atomic E-state index is 0.0682. The van der Waals surface area contributed by atoms with Gasteiger partial charge in [0.15, 0.2) is 6.61 Å². The fourth-order valence-electron chi connectivity index (χ4n) is 3.87. The molecule has 0 saturated heterocycles. The summed E-state index contributed by atoms with van der Waals surface area (Å²) in [5.74, 6) is -1.87. The van der Waals surface area contributed by atoms with Crippen LogP contribution in [0.25, 0.3) is 16.9 Å². The van der Waals surface area contributed by atoms with Crippen molar-refractivity contribution in [2.45, 2.75) is 0 Å². The van der Waals surface area contributed by atoms with Gasteiger partial charge in [0.1, 0.15) is 5.82 Å². The quantitative estimate of drug-likeness (QED) is 0.334. The summed E-state index contributed by atoms with van der Waals surface area (Å²) >= 11 is 0. The Morgan fingerprint density at radius 1 is 0.861 bits per heavy atom. The number of aromatic nitrogens is 2. The molecule has 1 aliphatic heterocycles. The number of carbonyl (C=O) groups excluding carboxylic acids is 4. The molecule has 0 spiro atoms. The Bertz CT molecular complexity index is 1500. The molecule has 5 rings (SSSR count). The standard InChI is InChI=1S/C27H20N4O5/c1-30-25(33)20-13-12-18(14-21(20)26(30)34)27(35)36-16-24(32)28-23-15-22(17-8-4-2-5-9-17)29-31(23)19-10-6-3-7-11-19/h2-15H,16H2,1H3,(H,28,32). The third kappa shape index (κ3) is 4.25. The first-order chi connectivity index (χ1) is 17.4. The molecule has 0 atom stereocenters. The van der Waals surface area contributed by atoms with Gasteiger partial charge in [-0.05, 0) is 30.3 Å². The molecule has 36 heavy (non-hydrogen) atoms. The molecule has 9 nitrogen and oxygen atoms in total. The third-order valence-corrected chi connectivity index (χ3v) is 5.71. The molecule has 0 fully saturated rings. The number of para-hydroxylation sites is 1. The van der Waals surface area contributed by atoms with Crippen molar-refractivity contribution in [2.24, 2.45) is 0 Å². The van der Waals surface area contributed by atoms with Gasteiger partial charge in [-0.2, -0.15) is 5.10 Å². The fourth-order valence-corrected chi connectivity index (χ4v) is 3.87. The average molecular weight is 480 g/mol. The average Bonchev–Trinajstić information content (AvgIpc) is 3.43. The van der Waals surface area contributed by atoms with Crippen LogP contribution in [0.2, 0.25) is 0 Å². The molecule has 0 bridgehead atoms. The Morgan fingerprint density at radius 3 is 2.25 bits per heavy atom. The minimum atomic E-state index is -0.788. The van der Waals surface area contributed by atoms with Gasteiger partial charge in [-0.3, -0.25) is 19.3 Å². The molecule has 178 valence electrons. The van der Waals surface area contributed by atoms with Gasteiger partial charge in [-0.1, -0.05) is 48.5 Å². The molecule has 0 unspecified atom stereocenters. The van der Waals surface area contributed by atoms with E-state index in [9.17, 15) is 19.2 Å². The van der Waals surface area contributed by atoms with Crippen LogP contribution in [0.4, 0.5) is 5.82 Å². The van der Waals surface area contributed by atoms with Crippen molar-refractivity contribution in [1.82, 2.24) is 14.7 Å². The van der Waals surface area contributed by atoms with Gasteiger partial charge in [-0.25, -0.2) is 9.48 Å². The summed E-state index contributed by atoms with van der Waals surface area (Å²) in [7, 11) is 1.37. The van der Waals surface area contributed by atoms with Crippen LogP contribution < -0.4 is 5.32 Å². The Kier molecular flexibility index (Phi) is 5.87. The summed E-state index contributed by atoms with van der Waals surface area (Å²) in [6.07, 6.45) is 0. The van der Waals surface area contributed by atoms with Crippen molar-refractivity contribution in [3.63, 3.8) is 0 Å². The molecule has 2 heterocycles. The van der Waals surface area contributed by atoms with E-state index in [1.807, 2.05) is 60.7 Å². The maximum atomic E-state index is 12.7. The molecular formula is C27H20N4O5. The molecule has 3 aromatic carbocycles. The molecule has 1 aliphatic rings. The second-order valence-electron chi connectivity index (χ2n) is 8.08. The van der Waals surface area contributed by atoms with Crippen molar-refractivity contribution in [1.29, 1.82) is 0 Å². The summed E-state index contributed by atoms with van der Waals surface area (Å²) in [6.45, 7) is -0.552. The first kappa shape index (κ1) is 22.7. The first-order valence-corrected chi connectivity index (χ1v) is 11.1. The molecule has 9 heteroatoms. The van der Waals surface area contributed by atoms with Crippen molar-refractivity contribution in [3.8, 4) is 16.9 Å². The van der Waals surface area contributed by atoms with E-state index in [1.165, 1.54) is 25.2 Å². The van der Waals surface area contributed by atoms with Gasteiger partial charge in [0, 0.05) is 18.7 Å². The van der Waals surface area contributed by atoms with Gasteiger partial charge in [0.05, 0.1) is 28.1 Å². The van der Waals surface area contributed by atoms with Gasteiger partial charge in [0.25, 0.3) is 17.7 Å². The number of imide groups is 1. The minimum Gasteiger partial charge on any atom is -0.452 e. The highest BCUT2D eigenvalue weighted by Gasteiger charge is 2.33. The third-order valence-electron chi connectivity index (χ3n) is 5.71. The molecule has 0 radical (unpaired) electrons. The number of benzene rings is 3. The number of rotatable bonds is 6. The molecule has 3 amide bonds. The molecule has 1 N–H and O–H groups in total. The van der Waals surface area contributed by atoms with Gasteiger partial charge < -0.3 is 10.1 Å². The number of hydrogen-bond acceptors (Lipinski definition) is 6. The highest BCUT2D eigenvalue weighted by molar-refractivity contribution is 6.21. The number of hydrogen-bond donors (Lipinski definition) is 1. The summed E-state index contributed by atoms with van der Waals surface area (Å²) in [5, 5.41) is 7.38. The zero-order valence-corrected chi connectivity index (χ0v) is 19.2. The van der Waals surface area contributed by atoms with Gasteiger partial charge in [-0.15, -0.1) is 0 Å². The van der Waals surface area contributed by atoms with Crippen molar-refractivity contribution >= 4 is 29.5 Å². The lowest BCUT2D eigenvalue weighted by Crippen LogP contribution is -2.24.